The zero-order valence-electron chi connectivity index (χ0n) is 12.3. The molecule has 5 nitrogen and oxygen atoms in total. The molecule has 2 rings (SSSR count). The van der Waals surface area contributed by atoms with Crippen molar-refractivity contribution < 1.29 is 4.79 Å². The van der Waals surface area contributed by atoms with Crippen molar-refractivity contribution in [2.75, 3.05) is 17.2 Å². The van der Waals surface area contributed by atoms with E-state index in [2.05, 4.69) is 20.6 Å². The SMILES string of the molecule is CCNc1ncccc1CC(=O)Nc1c(C)cc(Cl)nc1Cl. The quantitative estimate of drug-likeness (QED) is 0.815. The lowest BCUT2D eigenvalue weighted by molar-refractivity contribution is -0.115. The summed E-state index contributed by atoms with van der Waals surface area (Å²) in [7, 11) is 0. The molecule has 0 spiro atoms. The predicted molar refractivity (Wildman–Crippen MR) is 89.7 cm³/mol. The predicted octanol–water partition coefficient (Wildman–Crippen LogP) is 3.70. The smallest absolute Gasteiger partial charge is 0.229 e. The number of carbonyl (C=O) groups is 1. The lowest BCUT2D eigenvalue weighted by Crippen LogP contribution is -2.17. The van der Waals surface area contributed by atoms with Crippen LogP contribution in [-0.2, 0) is 11.2 Å². The number of rotatable bonds is 5. The highest BCUT2D eigenvalue weighted by Gasteiger charge is 2.13. The monoisotopic (exact) mass is 338 g/mol. The number of nitrogens with one attached hydrogen (secondary N) is 2. The minimum Gasteiger partial charge on any atom is -0.370 e. The fourth-order valence-electron chi connectivity index (χ4n) is 2.01. The number of halogens is 2. The highest BCUT2D eigenvalue weighted by atomic mass is 35.5. The number of hydrogen-bond donors (Lipinski definition) is 2. The van der Waals surface area contributed by atoms with Crippen LogP contribution in [0, 0.1) is 6.92 Å². The molecule has 0 bridgehead atoms. The maximum atomic E-state index is 12.2. The molecule has 0 saturated carbocycles. The first kappa shape index (κ1) is 16.5. The summed E-state index contributed by atoms with van der Waals surface area (Å²) < 4.78 is 0. The molecule has 7 heteroatoms. The van der Waals surface area contributed by atoms with Gasteiger partial charge < -0.3 is 10.6 Å². The first-order valence-corrected chi connectivity index (χ1v) is 7.57. The topological polar surface area (TPSA) is 66.9 Å². The van der Waals surface area contributed by atoms with E-state index in [-0.39, 0.29) is 17.5 Å². The normalized spacial score (nSPS) is 10.4. The van der Waals surface area contributed by atoms with Crippen LogP contribution in [0.1, 0.15) is 18.1 Å². The maximum absolute atomic E-state index is 12.2. The Morgan fingerprint density at radius 2 is 2.14 bits per heavy atom. The number of aryl methyl sites for hydroxylation is 1. The third-order valence-corrected chi connectivity index (χ3v) is 3.46. The molecule has 0 atom stereocenters. The number of amides is 1. The van der Waals surface area contributed by atoms with Crippen molar-refractivity contribution in [3.8, 4) is 0 Å². The summed E-state index contributed by atoms with van der Waals surface area (Å²) in [6, 6.07) is 5.31. The second-order valence-electron chi connectivity index (χ2n) is 4.69. The first-order valence-electron chi connectivity index (χ1n) is 6.81. The summed E-state index contributed by atoms with van der Waals surface area (Å²) in [5.41, 5.74) is 2.05. The van der Waals surface area contributed by atoms with E-state index < -0.39 is 0 Å². The molecule has 0 aliphatic carbocycles. The molecule has 0 radical (unpaired) electrons. The van der Waals surface area contributed by atoms with Gasteiger partial charge in [0, 0.05) is 18.3 Å². The molecular weight excluding hydrogens is 323 g/mol. The van der Waals surface area contributed by atoms with Crippen LogP contribution in [-0.4, -0.2) is 22.4 Å². The molecule has 0 aliphatic rings. The van der Waals surface area contributed by atoms with Crippen LogP contribution >= 0.6 is 23.2 Å². The lowest BCUT2D eigenvalue weighted by Gasteiger charge is -2.12. The molecule has 0 aliphatic heterocycles. The fourth-order valence-corrected chi connectivity index (χ4v) is 2.59. The Bertz CT molecular complexity index is 668. The van der Waals surface area contributed by atoms with Gasteiger partial charge in [-0.05, 0) is 31.5 Å². The summed E-state index contributed by atoms with van der Waals surface area (Å²) in [4.78, 5) is 20.4. The maximum Gasteiger partial charge on any atom is 0.229 e. The van der Waals surface area contributed by atoms with Crippen LogP contribution in [0.15, 0.2) is 24.4 Å². The van der Waals surface area contributed by atoms with Gasteiger partial charge in [0.2, 0.25) is 5.91 Å². The van der Waals surface area contributed by atoms with E-state index >= 15 is 0 Å². The van der Waals surface area contributed by atoms with Gasteiger partial charge in [0.1, 0.15) is 11.0 Å². The van der Waals surface area contributed by atoms with Crippen LogP contribution in [0.2, 0.25) is 10.3 Å². The number of pyridine rings is 2. The van der Waals surface area contributed by atoms with Gasteiger partial charge in [-0.25, -0.2) is 9.97 Å². The largest absolute Gasteiger partial charge is 0.370 e. The number of anilines is 2. The van der Waals surface area contributed by atoms with Gasteiger partial charge in [0.25, 0.3) is 0 Å². The summed E-state index contributed by atoms with van der Waals surface area (Å²) >= 11 is 11.8. The van der Waals surface area contributed by atoms with Crippen LogP contribution in [0.4, 0.5) is 11.5 Å². The highest BCUT2D eigenvalue weighted by molar-refractivity contribution is 6.34. The first-order chi connectivity index (χ1) is 10.5. The van der Waals surface area contributed by atoms with Crippen LogP contribution < -0.4 is 10.6 Å². The Hall–Kier alpha value is -1.85. The highest BCUT2D eigenvalue weighted by Crippen LogP contribution is 2.26. The fraction of sp³-hybridized carbons (Fsp3) is 0.267. The molecule has 116 valence electrons. The van der Waals surface area contributed by atoms with Crippen molar-refractivity contribution in [1.29, 1.82) is 0 Å². The minimum atomic E-state index is -0.193. The van der Waals surface area contributed by atoms with Crippen molar-refractivity contribution in [3.05, 3.63) is 45.8 Å². The minimum absolute atomic E-state index is 0.177. The molecule has 22 heavy (non-hydrogen) atoms. The Labute approximate surface area is 139 Å². The van der Waals surface area contributed by atoms with E-state index in [0.717, 1.165) is 17.7 Å². The average molecular weight is 339 g/mol. The van der Waals surface area contributed by atoms with Crippen molar-refractivity contribution >= 4 is 40.6 Å². The van der Waals surface area contributed by atoms with Gasteiger partial charge in [-0.2, -0.15) is 0 Å². The van der Waals surface area contributed by atoms with E-state index in [1.165, 1.54) is 0 Å². The van der Waals surface area contributed by atoms with Gasteiger partial charge in [-0.15, -0.1) is 0 Å². The summed E-state index contributed by atoms with van der Waals surface area (Å²) in [6.07, 6.45) is 1.87. The van der Waals surface area contributed by atoms with Crippen LogP contribution in [0.5, 0.6) is 0 Å². The van der Waals surface area contributed by atoms with E-state index in [0.29, 0.717) is 16.7 Å². The Morgan fingerprint density at radius 3 is 2.82 bits per heavy atom. The Balaban J connectivity index is 2.14. The molecule has 2 aromatic heterocycles. The molecule has 0 aromatic carbocycles. The third-order valence-electron chi connectivity index (χ3n) is 2.99. The molecular formula is C15H16Cl2N4O. The van der Waals surface area contributed by atoms with E-state index in [9.17, 15) is 4.79 Å². The molecule has 2 heterocycles. The zero-order chi connectivity index (χ0) is 16.1. The van der Waals surface area contributed by atoms with Gasteiger partial charge >= 0.3 is 0 Å². The van der Waals surface area contributed by atoms with Gasteiger partial charge in [-0.3, -0.25) is 4.79 Å². The molecule has 1 amide bonds. The van der Waals surface area contributed by atoms with Crippen molar-refractivity contribution in [2.24, 2.45) is 0 Å². The van der Waals surface area contributed by atoms with E-state index in [1.807, 2.05) is 19.9 Å². The van der Waals surface area contributed by atoms with Gasteiger partial charge in [-0.1, -0.05) is 29.3 Å². The molecule has 2 N–H and O–H groups in total. The average Bonchev–Trinajstić information content (AvgIpc) is 2.45. The molecule has 0 saturated heterocycles. The number of nitrogens with zero attached hydrogens (tertiary/aromatic N) is 2. The third kappa shape index (κ3) is 4.08. The van der Waals surface area contributed by atoms with E-state index in [1.54, 1.807) is 18.3 Å². The van der Waals surface area contributed by atoms with Crippen molar-refractivity contribution in [3.63, 3.8) is 0 Å². The Kier molecular flexibility index (Phi) is 5.57. The molecule has 2 aromatic rings. The zero-order valence-corrected chi connectivity index (χ0v) is 13.8. The number of aromatic nitrogens is 2. The van der Waals surface area contributed by atoms with Crippen molar-refractivity contribution in [2.45, 2.75) is 20.3 Å². The second-order valence-corrected chi connectivity index (χ2v) is 5.44. The summed E-state index contributed by atoms with van der Waals surface area (Å²) in [5.74, 6) is 0.512. The van der Waals surface area contributed by atoms with Crippen molar-refractivity contribution in [1.82, 2.24) is 9.97 Å². The van der Waals surface area contributed by atoms with Gasteiger partial charge in [0.15, 0.2) is 5.15 Å². The lowest BCUT2D eigenvalue weighted by atomic mass is 10.1. The summed E-state index contributed by atoms with van der Waals surface area (Å²) in [5, 5.41) is 6.38. The Morgan fingerprint density at radius 1 is 1.36 bits per heavy atom. The number of carbonyl (C=O) groups excluding carboxylic acids is 1. The summed E-state index contributed by atoms with van der Waals surface area (Å²) in [6.45, 7) is 4.52. The molecule has 0 unspecified atom stereocenters. The van der Waals surface area contributed by atoms with Gasteiger partial charge in [0.05, 0.1) is 12.1 Å². The number of hydrogen-bond acceptors (Lipinski definition) is 4. The van der Waals surface area contributed by atoms with E-state index in [4.69, 9.17) is 23.2 Å². The van der Waals surface area contributed by atoms with Crippen LogP contribution in [0.3, 0.4) is 0 Å². The van der Waals surface area contributed by atoms with Crippen LogP contribution in [0.25, 0.3) is 0 Å². The standard InChI is InChI=1S/C15H16Cl2N4O/c1-3-18-15-10(5-4-6-19-15)8-12(22)21-13-9(2)7-11(16)20-14(13)17/h4-7H,3,8H2,1-2H3,(H,18,19)(H,21,22). The second kappa shape index (κ2) is 7.42. The molecule has 0 fully saturated rings.